The molecular weight excluding hydrogens is 975 g/mol. The lowest BCUT2D eigenvalue weighted by Crippen LogP contribution is -2.17. The summed E-state index contributed by atoms with van der Waals surface area (Å²) in [4.78, 5) is 33.4. The number of carbonyl (C=O) groups is 2. The van der Waals surface area contributed by atoms with Gasteiger partial charge in [0.25, 0.3) is 0 Å². The number of benzene rings is 2. The topological polar surface area (TPSA) is 225 Å². The van der Waals surface area contributed by atoms with Gasteiger partial charge in [-0.2, -0.15) is 15.1 Å². The second-order valence-electron chi connectivity index (χ2n) is 15.9. The molecule has 3 aromatic heterocycles. The van der Waals surface area contributed by atoms with Gasteiger partial charge in [0.05, 0.1) is 149 Å². The molecular formula is C47H61ClF3N9O12. The molecule has 2 unspecified atom stereocenters. The molecule has 0 spiro atoms. The van der Waals surface area contributed by atoms with Crippen molar-refractivity contribution in [1.82, 2.24) is 34.7 Å². The molecule has 72 heavy (non-hydrogen) atoms. The Bertz CT molecular complexity index is 2400. The smallest absolute Gasteiger partial charge is 0.313 e. The minimum atomic E-state index is -1.31. The van der Waals surface area contributed by atoms with Crippen LogP contribution < -0.4 is 15.4 Å². The summed E-state index contributed by atoms with van der Waals surface area (Å²) in [5.74, 6) is -5.25. The van der Waals surface area contributed by atoms with E-state index in [2.05, 4.69) is 47.7 Å². The van der Waals surface area contributed by atoms with Crippen molar-refractivity contribution in [3.05, 3.63) is 82.8 Å². The average molecular weight is 1040 g/mol. The molecule has 0 aliphatic carbocycles. The lowest BCUT2D eigenvalue weighted by molar-refractivity contribution is -0.136. The lowest BCUT2D eigenvalue weighted by atomic mass is 10.1. The van der Waals surface area contributed by atoms with Crippen molar-refractivity contribution >= 4 is 46.0 Å². The predicted molar refractivity (Wildman–Crippen MR) is 253 cm³/mol. The third kappa shape index (κ3) is 19.2. The summed E-state index contributed by atoms with van der Waals surface area (Å²) < 4.78 is 98.3. The van der Waals surface area contributed by atoms with Gasteiger partial charge in [0.1, 0.15) is 17.3 Å². The number of esters is 1. The molecule has 1 aliphatic rings. The third-order valence-electron chi connectivity index (χ3n) is 10.6. The first-order valence-corrected chi connectivity index (χ1v) is 24.1. The SMILES string of the molecule is CCC1CCC(n2ncc3c(NCc4ccccc4NC(=O)CCOCCOCCOCCOCc4cn(CCOCCOCCOCCOCCC(=O)Oc5c(F)cc(F)cc5F)nn4)nc(Cl)nc32)O1. The highest BCUT2D eigenvalue weighted by Crippen LogP contribution is 2.33. The fraction of sp³-hybridized carbons (Fsp3) is 0.553. The molecule has 2 N–H and O–H groups in total. The standard InChI is InChI=1S/C47H61ClF3N9O12/c1-2-36-7-8-42(71-36)60-46-37(30-53-60)45(55-47(48)56-46)52-29-33-5-3-4-6-40(33)54-41(61)9-12-63-15-18-66-23-24-69-25-26-70-32-35-31-59(58-57-35)11-14-65-17-20-68-22-21-67-19-16-64-13-10-43(62)72-44-38(50)27-34(49)28-39(44)51/h3-6,27-28,30-31,36,42H,2,7-26,29,32H2,1H3,(H,54,61)(H,52,55,56). The van der Waals surface area contributed by atoms with Crippen molar-refractivity contribution in [2.45, 2.75) is 71.1 Å². The number of halogens is 4. The van der Waals surface area contributed by atoms with E-state index in [9.17, 15) is 22.8 Å². The van der Waals surface area contributed by atoms with Crippen molar-refractivity contribution in [3.8, 4) is 5.75 Å². The second kappa shape index (κ2) is 31.2. The van der Waals surface area contributed by atoms with Crippen molar-refractivity contribution in [3.63, 3.8) is 0 Å². The highest BCUT2D eigenvalue weighted by molar-refractivity contribution is 6.28. The van der Waals surface area contributed by atoms with Crippen molar-refractivity contribution in [2.24, 2.45) is 0 Å². The summed E-state index contributed by atoms with van der Waals surface area (Å²) in [6.07, 6.45) is 6.16. The number of para-hydroxylation sites is 1. The van der Waals surface area contributed by atoms with Crippen molar-refractivity contribution < 1.29 is 70.1 Å². The summed E-state index contributed by atoms with van der Waals surface area (Å²) in [6.45, 7) is 7.93. The monoisotopic (exact) mass is 1040 g/mol. The zero-order valence-electron chi connectivity index (χ0n) is 40.1. The zero-order valence-corrected chi connectivity index (χ0v) is 40.8. The van der Waals surface area contributed by atoms with E-state index < -0.39 is 29.2 Å². The molecule has 25 heteroatoms. The van der Waals surface area contributed by atoms with Gasteiger partial charge >= 0.3 is 5.97 Å². The molecule has 6 rings (SSSR count). The lowest BCUT2D eigenvalue weighted by Gasteiger charge is -2.14. The Kier molecular flexibility index (Phi) is 24.3. The van der Waals surface area contributed by atoms with Crippen molar-refractivity contribution in [1.29, 1.82) is 0 Å². The quantitative estimate of drug-likeness (QED) is 0.0208. The van der Waals surface area contributed by atoms with Gasteiger partial charge in [-0.05, 0) is 42.5 Å². The molecule has 2 atom stereocenters. The van der Waals surface area contributed by atoms with E-state index in [0.717, 1.165) is 30.2 Å². The number of anilines is 2. The number of hydrogen-bond acceptors (Lipinski definition) is 18. The van der Waals surface area contributed by atoms with E-state index in [4.69, 9.17) is 54.2 Å². The first-order valence-electron chi connectivity index (χ1n) is 23.7. The van der Waals surface area contributed by atoms with E-state index >= 15 is 0 Å². The Hall–Kier alpha value is -5.41. The number of amides is 1. The maximum absolute atomic E-state index is 13.6. The van der Waals surface area contributed by atoms with E-state index in [1.165, 1.54) is 0 Å². The van der Waals surface area contributed by atoms with Gasteiger partial charge in [-0.3, -0.25) is 9.59 Å². The molecule has 2 aromatic carbocycles. The third-order valence-corrected chi connectivity index (χ3v) is 10.8. The Balaban J connectivity index is 0.691. The second-order valence-corrected chi connectivity index (χ2v) is 16.2. The Labute approximate surface area is 419 Å². The average Bonchev–Trinajstić information content (AvgIpc) is 4.14. The van der Waals surface area contributed by atoms with Crippen LogP contribution in [0.2, 0.25) is 5.28 Å². The van der Waals surface area contributed by atoms with E-state index in [0.29, 0.717) is 121 Å². The van der Waals surface area contributed by atoms with Gasteiger partial charge in [0.2, 0.25) is 16.9 Å². The highest BCUT2D eigenvalue weighted by atomic mass is 35.5. The van der Waals surface area contributed by atoms with E-state index in [1.54, 1.807) is 21.8 Å². The van der Waals surface area contributed by atoms with Gasteiger partial charge in [-0.25, -0.2) is 22.5 Å². The number of hydrogen-bond donors (Lipinski definition) is 2. The first kappa shape index (κ1) is 55.9. The molecule has 394 valence electrons. The fourth-order valence-electron chi connectivity index (χ4n) is 6.98. The minimum Gasteiger partial charge on any atom is -0.420 e. The molecule has 4 heterocycles. The summed E-state index contributed by atoms with van der Waals surface area (Å²) in [6, 6.07) is 8.37. The molecule has 1 amide bonds. The Morgan fingerprint density at radius 2 is 1.39 bits per heavy atom. The van der Waals surface area contributed by atoms with Gasteiger partial charge in [0, 0.05) is 24.4 Å². The molecule has 1 aliphatic heterocycles. The Morgan fingerprint density at radius 3 is 2.04 bits per heavy atom. The Morgan fingerprint density at radius 1 is 0.778 bits per heavy atom. The summed E-state index contributed by atoms with van der Waals surface area (Å²) in [5.41, 5.74) is 2.81. The number of fused-ring (bicyclic) bond motifs is 1. The van der Waals surface area contributed by atoms with Gasteiger partial charge in [0.15, 0.2) is 23.5 Å². The zero-order chi connectivity index (χ0) is 50.8. The molecule has 1 fully saturated rings. The first-order chi connectivity index (χ1) is 35.2. The predicted octanol–water partition coefficient (Wildman–Crippen LogP) is 5.85. The van der Waals surface area contributed by atoms with Gasteiger partial charge in [-0.1, -0.05) is 30.3 Å². The van der Waals surface area contributed by atoms with Crippen LogP contribution in [0.5, 0.6) is 5.75 Å². The van der Waals surface area contributed by atoms with Crippen LogP contribution in [0, 0.1) is 17.5 Å². The van der Waals surface area contributed by atoms with Crippen LogP contribution >= 0.6 is 11.6 Å². The van der Waals surface area contributed by atoms with Gasteiger partial charge in [-0.15, -0.1) is 5.10 Å². The number of ether oxygens (including phenoxy) is 10. The molecule has 0 bridgehead atoms. The largest absolute Gasteiger partial charge is 0.420 e. The highest BCUT2D eigenvalue weighted by Gasteiger charge is 2.28. The van der Waals surface area contributed by atoms with Crippen LogP contribution in [0.15, 0.2) is 48.8 Å². The number of nitrogens with zero attached hydrogens (tertiary/aromatic N) is 7. The van der Waals surface area contributed by atoms with Crippen LogP contribution in [0.3, 0.4) is 0 Å². The maximum Gasteiger partial charge on any atom is 0.313 e. The van der Waals surface area contributed by atoms with E-state index in [1.807, 2.05) is 24.3 Å². The molecule has 5 aromatic rings. The number of nitrogens with one attached hydrogen (secondary N) is 2. The number of carbonyl (C=O) groups excluding carboxylic acids is 2. The van der Waals surface area contributed by atoms with Gasteiger partial charge < -0.3 is 58.0 Å². The van der Waals surface area contributed by atoms with Crippen molar-refractivity contribution in [2.75, 3.05) is 110 Å². The molecule has 1 saturated heterocycles. The van der Waals surface area contributed by atoms with Crippen LogP contribution in [0.4, 0.5) is 24.7 Å². The maximum atomic E-state index is 13.6. The summed E-state index contributed by atoms with van der Waals surface area (Å²) in [7, 11) is 0. The normalized spacial score (nSPS) is 14.6. The number of aromatic nitrogens is 7. The number of rotatable bonds is 36. The van der Waals surface area contributed by atoms with Crippen LogP contribution in [-0.4, -0.2) is 152 Å². The molecule has 0 saturated carbocycles. The van der Waals surface area contributed by atoms with Crippen LogP contribution in [0.25, 0.3) is 11.0 Å². The van der Waals surface area contributed by atoms with E-state index in [-0.39, 0.29) is 69.4 Å². The molecule has 0 radical (unpaired) electrons. The van der Waals surface area contributed by atoms with Crippen LogP contribution in [0.1, 0.15) is 56.5 Å². The summed E-state index contributed by atoms with van der Waals surface area (Å²) >= 11 is 6.33. The van der Waals surface area contributed by atoms with Crippen LogP contribution in [-0.2, 0) is 71.9 Å². The minimum absolute atomic E-state index is 0.0514. The fourth-order valence-corrected chi connectivity index (χ4v) is 7.15. The summed E-state index contributed by atoms with van der Waals surface area (Å²) in [5, 5.41) is 19.9. The molecule has 21 nitrogen and oxygen atoms in total.